The Bertz CT molecular complexity index is 951. The number of carbonyl (C=O) groups excluding carboxylic acids is 1. The Morgan fingerprint density at radius 1 is 1.04 bits per heavy atom. The van der Waals surface area contributed by atoms with Crippen molar-refractivity contribution in [2.45, 2.75) is 26.1 Å². The summed E-state index contributed by atoms with van der Waals surface area (Å²) in [7, 11) is 0. The van der Waals surface area contributed by atoms with Crippen molar-refractivity contribution >= 4 is 6.09 Å². The quantitative estimate of drug-likeness (QED) is 0.692. The number of nitrogens with one attached hydrogen (secondary N) is 1. The predicted octanol–water partition coefficient (Wildman–Crippen LogP) is 4.89. The van der Waals surface area contributed by atoms with Gasteiger partial charge in [-0.1, -0.05) is 72.3 Å². The average Bonchev–Trinajstić information content (AvgIpc) is 3.15. The standard InChI is InChI=1S/C24H23NO3/c1-17-10-12-19(13-11-17)21-8-5-9-23-22(21)14-20(28-23)15-25-24(26)27-16-18-6-3-2-4-7-18/h2-13,20H,14-16H2,1H3,(H,25,26). The number of carbonyl (C=O) groups is 1. The van der Waals surface area contributed by atoms with Gasteiger partial charge in [-0.3, -0.25) is 0 Å². The Kier molecular flexibility index (Phi) is 5.29. The number of benzene rings is 3. The fourth-order valence-electron chi connectivity index (χ4n) is 3.42. The van der Waals surface area contributed by atoms with E-state index in [-0.39, 0.29) is 12.7 Å². The Hall–Kier alpha value is -3.27. The number of aryl methyl sites for hydroxylation is 1. The minimum absolute atomic E-state index is 0.0918. The second-order valence-corrected chi connectivity index (χ2v) is 7.03. The lowest BCUT2D eigenvalue weighted by atomic mass is 9.96. The molecule has 1 aliphatic heterocycles. The summed E-state index contributed by atoms with van der Waals surface area (Å²) >= 11 is 0. The molecule has 0 aromatic heterocycles. The van der Waals surface area contributed by atoms with Gasteiger partial charge in [0.15, 0.2) is 0 Å². The van der Waals surface area contributed by atoms with Gasteiger partial charge >= 0.3 is 6.09 Å². The van der Waals surface area contributed by atoms with Gasteiger partial charge in [-0.25, -0.2) is 4.79 Å². The van der Waals surface area contributed by atoms with Gasteiger partial charge in [-0.15, -0.1) is 0 Å². The van der Waals surface area contributed by atoms with Gasteiger partial charge in [0.1, 0.15) is 18.5 Å². The lowest BCUT2D eigenvalue weighted by Crippen LogP contribution is -2.34. The lowest BCUT2D eigenvalue weighted by molar-refractivity contribution is 0.133. The third kappa shape index (κ3) is 4.17. The van der Waals surface area contributed by atoms with Crippen LogP contribution in [0.3, 0.4) is 0 Å². The first-order valence-electron chi connectivity index (χ1n) is 9.49. The minimum atomic E-state index is -0.429. The van der Waals surface area contributed by atoms with Crippen molar-refractivity contribution < 1.29 is 14.3 Å². The van der Waals surface area contributed by atoms with Crippen LogP contribution in [0.2, 0.25) is 0 Å². The minimum Gasteiger partial charge on any atom is -0.488 e. The zero-order valence-electron chi connectivity index (χ0n) is 15.9. The second kappa shape index (κ2) is 8.17. The number of hydrogen-bond donors (Lipinski definition) is 1. The second-order valence-electron chi connectivity index (χ2n) is 7.03. The van der Waals surface area contributed by atoms with Crippen molar-refractivity contribution in [1.29, 1.82) is 0 Å². The van der Waals surface area contributed by atoms with Crippen molar-refractivity contribution in [3.05, 3.63) is 89.5 Å². The highest BCUT2D eigenvalue weighted by Gasteiger charge is 2.26. The van der Waals surface area contributed by atoms with Gasteiger partial charge in [0.2, 0.25) is 0 Å². The van der Waals surface area contributed by atoms with Crippen LogP contribution in [0, 0.1) is 6.92 Å². The van der Waals surface area contributed by atoms with Crippen LogP contribution in [-0.4, -0.2) is 18.7 Å². The Morgan fingerprint density at radius 2 is 1.82 bits per heavy atom. The van der Waals surface area contributed by atoms with Crippen LogP contribution in [0.1, 0.15) is 16.7 Å². The summed E-state index contributed by atoms with van der Waals surface area (Å²) in [5.41, 5.74) is 5.76. The molecule has 1 amide bonds. The Balaban J connectivity index is 1.34. The zero-order chi connectivity index (χ0) is 19.3. The maximum atomic E-state index is 12.0. The highest BCUT2D eigenvalue weighted by molar-refractivity contribution is 5.71. The molecule has 28 heavy (non-hydrogen) atoms. The molecule has 4 rings (SSSR count). The van der Waals surface area contributed by atoms with Crippen molar-refractivity contribution in [2.24, 2.45) is 0 Å². The molecule has 1 heterocycles. The van der Waals surface area contributed by atoms with E-state index in [1.807, 2.05) is 42.5 Å². The summed E-state index contributed by atoms with van der Waals surface area (Å²) in [6.45, 7) is 2.76. The van der Waals surface area contributed by atoms with Gasteiger partial charge in [0.05, 0.1) is 6.54 Å². The molecule has 0 fully saturated rings. The van der Waals surface area contributed by atoms with E-state index in [4.69, 9.17) is 9.47 Å². The van der Waals surface area contributed by atoms with Crippen LogP contribution in [0.25, 0.3) is 11.1 Å². The molecule has 1 atom stereocenters. The molecule has 142 valence electrons. The zero-order valence-corrected chi connectivity index (χ0v) is 15.9. The molecule has 3 aromatic rings. The van der Waals surface area contributed by atoms with E-state index < -0.39 is 6.09 Å². The van der Waals surface area contributed by atoms with Crippen molar-refractivity contribution in [1.82, 2.24) is 5.32 Å². The van der Waals surface area contributed by atoms with E-state index in [0.29, 0.717) is 6.54 Å². The largest absolute Gasteiger partial charge is 0.488 e. The van der Waals surface area contributed by atoms with E-state index in [9.17, 15) is 4.79 Å². The maximum absolute atomic E-state index is 12.0. The summed E-state index contributed by atoms with van der Waals surface area (Å²) in [5.74, 6) is 0.891. The van der Waals surface area contributed by atoms with E-state index >= 15 is 0 Å². The van der Waals surface area contributed by atoms with E-state index in [2.05, 4.69) is 42.6 Å². The number of amides is 1. The number of rotatable bonds is 5. The molecule has 1 unspecified atom stereocenters. The van der Waals surface area contributed by atoms with Crippen LogP contribution in [0.5, 0.6) is 5.75 Å². The molecule has 0 saturated heterocycles. The summed E-state index contributed by atoms with van der Waals surface area (Å²) in [4.78, 5) is 12.0. The highest BCUT2D eigenvalue weighted by Crippen LogP contribution is 2.36. The van der Waals surface area contributed by atoms with Crippen molar-refractivity contribution in [2.75, 3.05) is 6.54 Å². The third-order valence-corrected chi connectivity index (χ3v) is 4.91. The van der Waals surface area contributed by atoms with Gasteiger partial charge in [-0.05, 0) is 29.7 Å². The average molecular weight is 373 g/mol. The fraction of sp³-hybridized carbons (Fsp3) is 0.208. The van der Waals surface area contributed by atoms with Crippen molar-refractivity contribution in [3.63, 3.8) is 0 Å². The third-order valence-electron chi connectivity index (χ3n) is 4.91. The molecule has 0 bridgehead atoms. The Morgan fingerprint density at radius 3 is 2.61 bits per heavy atom. The first kappa shape index (κ1) is 18.1. The van der Waals surface area contributed by atoms with Crippen LogP contribution in [-0.2, 0) is 17.8 Å². The monoisotopic (exact) mass is 373 g/mol. The molecular formula is C24H23NO3. The molecule has 4 heteroatoms. The predicted molar refractivity (Wildman–Crippen MR) is 109 cm³/mol. The van der Waals surface area contributed by atoms with Gasteiger partial charge in [0, 0.05) is 12.0 Å². The fourth-order valence-corrected chi connectivity index (χ4v) is 3.42. The summed E-state index contributed by atoms with van der Waals surface area (Å²) in [5, 5.41) is 2.81. The summed E-state index contributed by atoms with van der Waals surface area (Å²) < 4.78 is 11.3. The topological polar surface area (TPSA) is 47.6 Å². The number of hydrogen-bond acceptors (Lipinski definition) is 3. The van der Waals surface area contributed by atoms with E-state index in [0.717, 1.165) is 17.7 Å². The molecule has 3 aromatic carbocycles. The molecule has 0 aliphatic carbocycles. The van der Waals surface area contributed by atoms with Crippen LogP contribution >= 0.6 is 0 Å². The smallest absolute Gasteiger partial charge is 0.407 e. The first-order chi connectivity index (χ1) is 13.7. The molecule has 1 aliphatic rings. The number of fused-ring (bicyclic) bond motifs is 1. The molecule has 0 spiro atoms. The van der Waals surface area contributed by atoms with Crippen LogP contribution in [0.15, 0.2) is 72.8 Å². The van der Waals surface area contributed by atoms with Gasteiger partial charge in [0.25, 0.3) is 0 Å². The van der Waals surface area contributed by atoms with E-state index in [1.54, 1.807) is 0 Å². The Labute approximate surface area is 165 Å². The van der Waals surface area contributed by atoms with E-state index in [1.165, 1.54) is 22.3 Å². The summed E-state index contributed by atoms with van der Waals surface area (Å²) in [6, 6.07) is 24.3. The molecule has 0 radical (unpaired) electrons. The molecule has 1 N–H and O–H groups in total. The molecular weight excluding hydrogens is 350 g/mol. The van der Waals surface area contributed by atoms with Gasteiger partial charge in [-0.2, -0.15) is 0 Å². The SMILES string of the molecule is Cc1ccc(-c2cccc3c2CC(CNC(=O)OCc2ccccc2)O3)cc1. The number of ether oxygens (including phenoxy) is 2. The van der Waals surface area contributed by atoms with Crippen LogP contribution < -0.4 is 10.1 Å². The maximum Gasteiger partial charge on any atom is 0.407 e. The first-order valence-corrected chi connectivity index (χ1v) is 9.49. The van der Waals surface area contributed by atoms with Gasteiger partial charge < -0.3 is 14.8 Å². The summed E-state index contributed by atoms with van der Waals surface area (Å²) in [6.07, 6.45) is 0.242. The van der Waals surface area contributed by atoms with Crippen molar-refractivity contribution in [3.8, 4) is 16.9 Å². The molecule has 4 nitrogen and oxygen atoms in total. The highest BCUT2D eigenvalue weighted by atomic mass is 16.5. The lowest BCUT2D eigenvalue weighted by Gasteiger charge is -2.12. The van der Waals surface area contributed by atoms with Crippen LogP contribution in [0.4, 0.5) is 4.79 Å². The normalized spacial score (nSPS) is 14.8. The number of alkyl carbamates (subject to hydrolysis) is 1. The molecule has 0 saturated carbocycles.